The lowest BCUT2D eigenvalue weighted by molar-refractivity contribution is 0.102. The Balaban J connectivity index is 1.72. The van der Waals surface area contributed by atoms with Crippen LogP contribution in [0.25, 0.3) is 10.2 Å². The summed E-state index contributed by atoms with van der Waals surface area (Å²) in [4.78, 5) is 32.7. The molecule has 0 radical (unpaired) electrons. The zero-order valence-electron chi connectivity index (χ0n) is 14.5. The van der Waals surface area contributed by atoms with Crippen molar-refractivity contribution in [2.24, 2.45) is 0 Å². The molecule has 0 unspecified atom stereocenters. The first kappa shape index (κ1) is 18.2. The smallest absolute Gasteiger partial charge is 0.263 e. The molecule has 0 atom stereocenters. The number of ketones is 1. The molecule has 4 heterocycles. The van der Waals surface area contributed by atoms with Gasteiger partial charge in [0.1, 0.15) is 10.6 Å². The molecule has 0 aliphatic rings. The van der Waals surface area contributed by atoms with Gasteiger partial charge in [-0.25, -0.2) is 4.98 Å². The molecule has 138 valence electrons. The van der Waals surface area contributed by atoms with Gasteiger partial charge in [0.15, 0.2) is 10.9 Å². The van der Waals surface area contributed by atoms with E-state index in [0.717, 1.165) is 16.1 Å². The molecule has 27 heavy (non-hydrogen) atoms. The number of thiophene rings is 2. The Morgan fingerprint density at radius 3 is 2.93 bits per heavy atom. The second-order valence-corrected chi connectivity index (χ2v) is 8.84. The first-order chi connectivity index (χ1) is 13.2. The second kappa shape index (κ2) is 7.84. The summed E-state index contributed by atoms with van der Waals surface area (Å²) in [6, 6.07) is 9.20. The van der Waals surface area contributed by atoms with Gasteiger partial charge in [-0.3, -0.25) is 14.2 Å². The minimum absolute atomic E-state index is 0.0364. The molecule has 5 nitrogen and oxygen atoms in total. The first-order valence-electron chi connectivity index (χ1n) is 8.41. The number of hydrogen-bond donors (Lipinski definition) is 0. The van der Waals surface area contributed by atoms with Gasteiger partial charge < -0.3 is 4.42 Å². The maximum atomic E-state index is 13.1. The summed E-state index contributed by atoms with van der Waals surface area (Å²) >= 11 is 4.25. The second-order valence-electron chi connectivity index (χ2n) is 5.84. The van der Waals surface area contributed by atoms with Crippen LogP contribution in [-0.4, -0.2) is 21.1 Å². The largest absolute Gasteiger partial charge is 0.467 e. The Bertz CT molecular complexity index is 1130. The zero-order valence-corrected chi connectivity index (χ0v) is 17.0. The van der Waals surface area contributed by atoms with Crippen molar-refractivity contribution in [1.29, 1.82) is 0 Å². The lowest BCUT2D eigenvalue weighted by Gasteiger charge is -2.10. The standard InChI is InChI=1S/C19H16N2O3S3/c1-2-13-9-14-17(27-13)20-19(26-11-15(22)16-6-4-8-25-16)21(18(14)23)10-12-5-3-7-24-12/h3-9H,2,10-11H2,1H3. The molecular weight excluding hydrogens is 400 g/mol. The number of rotatable bonds is 7. The van der Waals surface area contributed by atoms with Gasteiger partial charge >= 0.3 is 0 Å². The number of furan rings is 1. The van der Waals surface area contributed by atoms with Crippen molar-refractivity contribution in [2.75, 3.05) is 5.75 Å². The van der Waals surface area contributed by atoms with Crippen molar-refractivity contribution in [3.63, 3.8) is 0 Å². The molecule has 0 fully saturated rings. The topological polar surface area (TPSA) is 65.1 Å². The number of hydrogen-bond acceptors (Lipinski definition) is 7. The Morgan fingerprint density at radius 2 is 2.22 bits per heavy atom. The van der Waals surface area contributed by atoms with Crippen molar-refractivity contribution in [3.05, 3.63) is 67.8 Å². The molecule has 0 bridgehead atoms. The number of aromatic nitrogens is 2. The summed E-state index contributed by atoms with van der Waals surface area (Å²) in [5.74, 6) is 0.952. The van der Waals surface area contributed by atoms with Crippen LogP contribution < -0.4 is 5.56 Å². The monoisotopic (exact) mass is 416 g/mol. The lowest BCUT2D eigenvalue weighted by atomic mass is 10.3. The van der Waals surface area contributed by atoms with E-state index in [1.165, 1.54) is 34.4 Å². The van der Waals surface area contributed by atoms with E-state index in [2.05, 4.69) is 6.92 Å². The summed E-state index contributed by atoms with van der Waals surface area (Å²) < 4.78 is 7.01. The Labute approximate surface area is 167 Å². The SMILES string of the molecule is CCc1cc2c(=O)n(Cc3ccco3)c(SCC(=O)c3cccs3)nc2s1. The quantitative estimate of drug-likeness (QED) is 0.248. The van der Waals surface area contributed by atoms with Crippen LogP contribution in [0.2, 0.25) is 0 Å². The van der Waals surface area contributed by atoms with Crippen molar-refractivity contribution >= 4 is 50.4 Å². The van der Waals surface area contributed by atoms with Crippen LogP contribution in [-0.2, 0) is 13.0 Å². The number of aryl methyl sites for hydroxylation is 1. The van der Waals surface area contributed by atoms with Crippen molar-refractivity contribution < 1.29 is 9.21 Å². The summed E-state index contributed by atoms with van der Waals surface area (Å²) in [6.45, 7) is 2.35. The van der Waals surface area contributed by atoms with Gasteiger partial charge in [-0.2, -0.15) is 0 Å². The van der Waals surface area contributed by atoms with E-state index in [0.29, 0.717) is 27.7 Å². The molecule has 0 aromatic carbocycles. The van der Waals surface area contributed by atoms with E-state index in [-0.39, 0.29) is 17.1 Å². The van der Waals surface area contributed by atoms with E-state index in [9.17, 15) is 9.59 Å². The fourth-order valence-corrected chi connectivity index (χ4v) is 5.31. The van der Waals surface area contributed by atoms with Gasteiger partial charge in [0, 0.05) is 4.88 Å². The number of thioether (sulfide) groups is 1. The van der Waals surface area contributed by atoms with Crippen LogP contribution >= 0.6 is 34.4 Å². The highest BCUT2D eigenvalue weighted by Crippen LogP contribution is 2.26. The number of carbonyl (C=O) groups excluding carboxylic acids is 1. The molecule has 0 saturated carbocycles. The number of Topliss-reactive ketones (excluding diaryl/α,β-unsaturated/α-hetero) is 1. The summed E-state index contributed by atoms with van der Waals surface area (Å²) in [5.41, 5.74) is -0.0987. The summed E-state index contributed by atoms with van der Waals surface area (Å²) in [7, 11) is 0. The molecule has 0 saturated heterocycles. The zero-order chi connectivity index (χ0) is 18.8. The highest BCUT2D eigenvalue weighted by Gasteiger charge is 2.17. The maximum Gasteiger partial charge on any atom is 0.263 e. The molecule has 0 amide bonds. The van der Waals surface area contributed by atoms with Crippen LogP contribution in [0.4, 0.5) is 0 Å². The number of nitrogens with zero attached hydrogens (tertiary/aromatic N) is 2. The van der Waals surface area contributed by atoms with E-state index in [1.54, 1.807) is 16.9 Å². The Morgan fingerprint density at radius 1 is 1.33 bits per heavy atom. The summed E-state index contributed by atoms with van der Waals surface area (Å²) in [5, 5.41) is 3.04. The van der Waals surface area contributed by atoms with Crippen LogP contribution in [0, 0.1) is 0 Å². The summed E-state index contributed by atoms with van der Waals surface area (Å²) in [6.07, 6.45) is 2.44. The third kappa shape index (κ3) is 3.78. The average Bonchev–Trinajstić information content (AvgIpc) is 3.43. The fraction of sp³-hybridized carbons (Fsp3) is 0.211. The van der Waals surface area contributed by atoms with Crippen LogP contribution in [0.15, 0.2) is 56.3 Å². The molecule has 0 aliphatic heterocycles. The van der Waals surface area contributed by atoms with Crippen molar-refractivity contribution in [3.8, 4) is 0 Å². The van der Waals surface area contributed by atoms with Gasteiger partial charge in [0.2, 0.25) is 0 Å². The fourth-order valence-electron chi connectivity index (χ4n) is 2.67. The van der Waals surface area contributed by atoms with E-state index >= 15 is 0 Å². The molecule has 4 aromatic rings. The van der Waals surface area contributed by atoms with Gasteiger partial charge in [0.05, 0.1) is 28.8 Å². The molecule has 4 aromatic heterocycles. The minimum Gasteiger partial charge on any atom is -0.467 e. The van der Waals surface area contributed by atoms with Gasteiger partial charge in [0.25, 0.3) is 5.56 Å². The molecule has 4 rings (SSSR count). The average molecular weight is 417 g/mol. The first-order valence-corrected chi connectivity index (χ1v) is 11.1. The Hall–Kier alpha value is -2.16. The molecular formula is C19H16N2O3S3. The lowest BCUT2D eigenvalue weighted by Crippen LogP contribution is -2.23. The molecule has 0 spiro atoms. The van der Waals surface area contributed by atoms with Crippen molar-refractivity contribution in [2.45, 2.75) is 25.0 Å². The van der Waals surface area contributed by atoms with Crippen LogP contribution in [0.3, 0.4) is 0 Å². The van der Waals surface area contributed by atoms with E-state index in [4.69, 9.17) is 9.40 Å². The molecule has 0 aliphatic carbocycles. The van der Waals surface area contributed by atoms with Crippen LogP contribution in [0.1, 0.15) is 27.2 Å². The highest BCUT2D eigenvalue weighted by molar-refractivity contribution is 7.99. The third-order valence-corrected chi connectivity index (χ3v) is 7.10. The molecule has 0 N–H and O–H groups in total. The number of fused-ring (bicyclic) bond motifs is 1. The van der Waals surface area contributed by atoms with Crippen LogP contribution in [0.5, 0.6) is 0 Å². The van der Waals surface area contributed by atoms with Gasteiger partial charge in [-0.05, 0) is 36.1 Å². The predicted octanol–water partition coefficient (Wildman–Crippen LogP) is 4.70. The van der Waals surface area contributed by atoms with E-state index < -0.39 is 0 Å². The van der Waals surface area contributed by atoms with Crippen molar-refractivity contribution in [1.82, 2.24) is 9.55 Å². The third-order valence-electron chi connectivity index (χ3n) is 4.04. The normalized spacial score (nSPS) is 11.3. The van der Waals surface area contributed by atoms with Gasteiger partial charge in [-0.15, -0.1) is 22.7 Å². The predicted molar refractivity (Wildman–Crippen MR) is 110 cm³/mol. The maximum absolute atomic E-state index is 13.1. The minimum atomic E-state index is -0.0987. The van der Waals surface area contributed by atoms with Gasteiger partial charge in [-0.1, -0.05) is 24.8 Å². The van der Waals surface area contributed by atoms with E-state index in [1.807, 2.05) is 29.6 Å². The molecule has 8 heteroatoms. The highest BCUT2D eigenvalue weighted by atomic mass is 32.2. The Kier molecular flexibility index (Phi) is 5.29. The number of carbonyl (C=O) groups is 1.